The Hall–Kier alpha value is -3.76. The van der Waals surface area contributed by atoms with E-state index in [2.05, 4.69) is 4.85 Å². The predicted octanol–water partition coefficient (Wildman–Crippen LogP) is 5.07. The van der Waals surface area contributed by atoms with Gasteiger partial charge in [-0.05, 0) is 47.7 Å². The van der Waals surface area contributed by atoms with Crippen LogP contribution in [0.3, 0.4) is 0 Å². The molecule has 0 amide bonds. The number of rotatable bonds is 2. The van der Waals surface area contributed by atoms with Crippen molar-refractivity contribution in [3.05, 3.63) is 94.4 Å². The van der Waals surface area contributed by atoms with Crippen LogP contribution in [0.1, 0.15) is 12.5 Å². The molecule has 0 aliphatic carbocycles. The third-order valence-electron chi connectivity index (χ3n) is 3.79. The van der Waals surface area contributed by atoms with E-state index in [1.54, 1.807) is 31.2 Å². The van der Waals surface area contributed by atoms with E-state index in [1.807, 2.05) is 42.5 Å². The summed E-state index contributed by atoms with van der Waals surface area (Å²) in [5.41, 5.74) is 1.50. The van der Waals surface area contributed by atoms with Gasteiger partial charge in [-0.3, -0.25) is 0 Å². The van der Waals surface area contributed by atoms with E-state index >= 15 is 0 Å². The SMILES string of the molecule is [C-]#[N+]/C(C#N)=C1\C=C(C)OC(/C=C/c2ccc(O)c3ccccc23)=C1. The minimum atomic E-state index is 0.0311. The van der Waals surface area contributed by atoms with Crippen LogP contribution in [-0.4, -0.2) is 5.11 Å². The molecule has 2 aromatic rings. The smallest absolute Gasteiger partial charge is 0.269 e. The van der Waals surface area contributed by atoms with Crippen molar-refractivity contribution < 1.29 is 9.84 Å². The number of nitrogens with zero attached hydrogens (tertiary/aromatic N) is 2. The lowest BCUT2D eigenvalue weighted by molar-refractivity contribution is 0.318. The van der Waals surface area contributed by atoms with Crippen LogP contribution in [-0.2, 0) is 4.74 Å². The summed E-state index contributed by atoms with van der Waals surface area (Å²) in [7, 11) is 0. The number of phenolic OH excluding ortho intramolecular Hbond substituents is 1. The number of benzene rings is 2. The maximum atomic E-state index is 9.96. The van der Waals surface area contributed by atoms with Crippen LogP contribution in [0, 0.1) is 17.9 Å². The minimum Gasteiger partial charge on any atom is -0.507 e. The van der Waals surface area contributed by atoms with Crippen LogP contribution < -0.4 is 0 Å². The number of hydrogen-bond acceptors (Lipinski definition) is 3. The standard InChI is InChI=1S/C21H14N2O2/c1-14-11-16(20(13-22)23-2)12-17(25-14)9-7-15-8-10-21(24)19-6-4-3-5-18(15)19/h3-12,24H,1H3/b9-7+,20-16+. The van der Waals surface area contributed by atoms with Gasteiger partial charge in [-0.25, -0.2) is 10.1 Å². The molecular formula is C21H14N2O2. The lowest BCUT2D eigenvalue weighted by Gasteiger charge is -2.13. The molecule has 120 valence electrons. The fraction of sp³-hybridized carbons (Fsp3) is 0.0476. The number of fused-ring (bicyclic) bond motifs is 1. The summed E-state index contributed by atoms with van der Waals surface area (Å²) in [5, 5.41) is 20.7. The largest absolute Gasteiger partial charge is 0.507 e. The molecule has 2 aromatic carbocycles. The average Bonchev–Trinajstić information content (AvgIpc) is 2.62. The van der Waals surface area contributed by atoms with E-state index in [1.165, 1.54) is 0 Å². The van der Waals surface area contributed by atoms with E-state index in [-0.39, 0.29) is 11.4 Å². The summed E-state index contributed by atoms with van der Waals surface area (Å²) in [4.78, 5) is 3.24. The molecule has 25 heavy (non-hydrogen) atoms. The van der Waals surface area contributed by atoms with Crippen LogP contribution >= 0.6 is 0 Å². The molecule has 0 saturated heterocycles. The highest BCUT2D eigenvalue weighted by molar-refractivity contribution is 5.94. The van der Waals surface area contributed by atoms with Crippen molar-refractivity contribution in [2.24, 2.45) is 0 Å². The Morgan fingerprint density at radius 3 is 2.64 bits per heavy atom. The first-order chi connectivity index (χ1) is 12.1. The zero-order valence-electron chi connectivity index (χ0n) is 13.5. The highest BCUT2D eigenvalue weighted by Gasteiger charge is 2.10. The first-order valence-corrected chi connectivity index (χ1v) is 7.61. The maximum absolute atomic E-state index is 9.96. The molecule has 4 heteroatoms. The highest BCUT2D eigenvalue weighted by Crippen LogP contribution is 2.29. The third kappa shape index (κ3) is 3.29. The van der Waals surface area contributed by atoms with Gasteiger partial charge in [0.05, 0.1) is 12.6 Å². The van der Waals surface area contributed by atoms with Crippen LogP contribution in [0.2, 0.25) is 0 Å². The molecule has 0 aromatic heterocycles. The Morgan fingerprint density at radius 1 is 1.16 bits per heavy atom. The molecule has 0 fully saturated rings. The number of hydrogen-bond donors (Lipinski definition) is 1. The molecule has 0 radical (unpaired) electrons. The lowest BCUT2D eigenvalue weighted by atomic mass is 10.0. The molecule has 0 unspecified atom stereocenters. The van der Waals surface area contributed by atoms with Crippen molar-refractivity contribution in [3.63, 3.8) is 0 Å². The second-order valence-corrected chi connectivity index (χ2v) is 5.48. The van der Waals surface area contributed by atoms with Gasteiger partial charge in [0, 0.05) is 5.39 Å². The van der Waals surface area contributed by atoms with Gasteiger partial charge < -0.3 is 9.84 Å². The Balaban J connectivity index is 2.01. The van der Waals surface area contributed by atoms with Gasteiger partial charge in [0.15, 0.2) is 0 Å². The monoisotopic (exact) mass is 326 g/mol. The number of nitriles is 1. The van der Waals surface area contributed by atoms with Gasteiger partial charge in [0.1, 0.15) is 17.3 Å². The predicted molar refractivity (Wildman–Crippen MR) is 96.8 cm³/mol. The van der Waals surface area contributed by atoms with Crippen molar-refractivity contribution >= 4 is 16.8 Å². The van der Waals surface area contributed by atoms with Crippen LogP contribution in [0.4, 0.5) is 0 Å². The Bertz CT molecular complexity index is 1040. The third-order valence-corrected chi connectivity index (χ3v) is 3.79. The molecule has 1 aliphatic rings. The topological polar surface area (TPSA) is 57.6 Å². The zero-order valence-corrected chi connectivity index (χ0v) is 13.5. The van der Waals surface area contributed by atoms with Gasteiger partial charge in [0.2, 0.25) is 0 Å². The summed E-state index contributed by atoms with van der Waals surface area (Å²) >= 11 is 0. The molecule has 1 N–H and O–H groups in total. The second-order valence-electron chi connectivity index (χ2n) is 5.48. The van der Waals surface area contributed by atoms with Gasteiger partial charge in [-0.2, -0.15) is 0 Å². The zero-order chi connectivity index (χ0) is 17.8. The fourth-order valence-corrected chi connectivity index (χ4v) is 2.66. The summed E-state index contributed by atoms with van der Waals surface area (Å²) in [5.74, 6) is 1.40. The van der Waals surface area contributed by atoms with Gasteiger partial charge in [0.25, 0.3) is 5.70 Å². The molecule has 4 nitrogen and oxygen atoms in total. The van der Waals surface area contributed by atoms with E-state index in [0.717, 1.165) is 16.3 Å². The van der Waals surface area contributed by atoms with Gasteiger partial charge in [-0.15, -0.1) is 0 Å². The normalized spacial score (nSPS) is 15.8. The second kappa shape index (κ2) is 6.78. The first kappa shape index (κ1) is 16.1. The molecule has 0 bridgehead atoms. The summed E-state index contributed by atoms with van der Waals surface area (Å²) in [6, 6.07) is 13.0. The maximum Gasteiger partial charge on any atom is 0.269 e. The molecule has 1 aliphatic heterocycles. The highest BCUT2D eigenvalue weighted by atomic mass is 16.5. The number of aromatic hydroxyl groups is 1. The van der Waals surface area contributed by atoms with Crippen molar-refractivity contribution in [1.29, 1.82) is 5.26 Å². The van der Waals surface area contributed by atoms with Crippen molar-refractivity contribution in [2.75, 3.05) is 0 Å². The van der Waals surface area contributed by atoms with Gasteiger partial charge in [-0.1, -0.05) is 36.4 Å². The number of phenols is 1. The average molecular weight is 326 g/mol. The molecule has 0 saturated carbocycles. The lowest BCUT2D eigenvalue weighted by Crippen LogP contribution is -1.96. The molecule has 0 spiro atoms. The number of ether oxygens (including phenoxy) is 1. The molecular weight excluding hydrogens is 312 g/mol. The van der Waals surface area contributed by atoms with Crippen molar-refractivity contribution in [2.45, 2.75) is 6.92 Å². The molecule has 1 heterocycles. The van der Waals surface area contributed by atoms with Crippen LogP contribution in [0.25, 0.3) is 21.7 Å². The van der Waals surface area contributed by atoms with E-state index < -0.39 is 0 Å². The number of allylic oxidation sites excluding steroid dienone is 6. The van der Waals surface area contributed by atoms with Crippen LogP contribution in [0.5, 0.6) is 5.75 Å². The summed E-state index contributed by atoms with van der Waals surface area (Å²) in [6.45, 7) is 8.85. The van der Waals surface area contributed by atoms with Crippen LogP contribution in [0.15, 0.2) is 77.4 Å². The summed E-state index contributed by atoms with van der Waals surface area (Å²) < 4.78 is 5.65. The minimum absolute atomic E-state index is 0.0311. The van der Waals surface area contributed by atoms with Gasteiger partial charge >= 0.3 is 0 Å². The fourth-order valence-electron chi connectivity index (χ4n) is 2.66. The first-order valence-electron chi connectivity index (χ1n) is 7.61. The van der Waals surface area contributed by atoms with Crippen molar-refractivity contribution in [3.8, 4) is 11.8 Å². The van der Waals surface area contributed by atoms with Crippen molar-refractivity contribution in [1.82, 2.24) is 0 Å². The quantitative estimate of drug-likeness (QED) is 0.619. The molecule has 0 atom stereocenters. The Labute approximate surface area is 145 Å². The van der Waals surface area contributed by atoms with E-state index in [9.17, 15) is 5.11 Å². The Morgan fingerprint density at radius 2 is 1.92 bits per heavy atom. The Kier molecular flexibility index (Phi) is 4.37. The summed E-state index contributed by atoms with van der Waals surface area (Å²) in [6.07, 6.45) is 7.01. The van der Waals surface area contributed by atoms with E-state index in [4.69, 9.17) is 16.6 Å². The molecule has 3 rings (SSSR count). The van der Waals surface area contributed by atoms with E-state index in [0.29, 0.717) is 17.1 Å².